The van der Waals surface area contributed by atoms with E-state index in [9.17, 15) is 9.90 Å². The number of rotatable bonds is 4. The number of carboxylic acids is 1. The zero-order valence-electron chi connectivity index (χ0n) is 8.94. The predicted molar refractivity (Wildman–Crippen MR) is 66.1 cm³/mol. The maximum Gasteiger partial charge on any atom is 0.320 e. The van der Waals surface area contributed by atoms with Crippen LogP contribution in [0.25, 0.3) is 0 Å². The molecule has 0 radical (unpaired) electrons. The lowest BCUT2D eigenvalue weighted by atomic mass is 10.2. The monoisotopic (exact) mass is 256 g/mol. The quantitative estimate of drug-likeness (QED) is 0.893. The highest BCUT2D eigenvalue weighted by Crippen LogP contribution is 2.58. The number of carbonyl (C=O) groups is 1. The zero-order valence-corrected chi connectivity index (χ0v) is 10.5. The molecule has 2 rings (SSSR count). The van der Waals surface area contributed by atoms with E-state index in [0.29, 0.717) is 5.02 Å². The fourth-order valence-corrected chi connectivity index (χ4v) is 3.67. The van der Waals surface area contributed by atoms with Gasteiger partial charge in [-0.25, -0.2) is 0 Å². The van der Waals surface area contributed by atoms with E-state index in [1.807, 2.05) is 25.1 Å². The standard InChI is InChI=1S/C12H13ClO2S/c1-2-8-7-12(8,11(14)15)16-10-5-3-4-9(13)6-10/h3-6,8H,2,7H2,1H3,(H,14,15). The average Bonchev–Trinajstić information content (AvgIpc) is 2.93. The summed E-state index contributed by atoms with van der Waals surface area (Å²) in [7, 11) is 0. The second-order valence-corrected chi connectivity index (χ2v) is 5.90. The molecular formula is C12H13ClO2S. The Morgan fingerprint density at radius 1 is 1.69 bits per heavy atom. The maximum atomic E-state index is 11.3. The van der Waals surface area contributed by atoms with Gasteiger partial charge in [-0.3, -0.25) is 4.79 Å². The van der Waals surface area contributed by atoms with E-state index in [1.54, 1.807) is 6.07 Å². The number of thioether (sulfide) groups is 1. The number of aliphatic carboxylic acids is 1. The van der Waals surface area contributed by atoms with Crippen molar-refractivity contribution in [3.63, 3.8) is 0 Å². The minimum atomic E-state index is -0.704. The van der Waals surface area contributed by atoms with E-state index in [0.717, 1.165) is 17.7 Å². The molecule has 1 aliphatic rings. The highest BCUT2D eigenvalue weighted by Gasteiger charge is 2.60. The van der Waals surface area contributed by atoms with Crippen LogP contribution < -0.4 is 0 Å². The minimum absolute atomic E-state index is 0.286. The summed E-state index contributed by atoms with van der Waals surface area (Å²) in [4.78, 5) is 12.2. The Bertz CT molecular complexity index is 421. The van der Waals surface area contributed by atoms with E-state index in [4.69, 9.17) is 11.6 Å². The minimum Gasteiger partial charge on any atom is -0.480 e. The van der Waals surface area contributed by atoms with Gasteiger partial charge in [0.15, 0.2) is 0 Å². The Labute approximate surface area is 104 Å². The van der Waals surface area contributed by atoms with Crippen molar-refractivity contribution < 1.29 is 9.90 Å². The molecule has 1 aliphatic carbocycles. The van der Waals surface area contributed by atoms with Crippen LogP contribution in [0.1, 0.15) is 19.8 Å². The lowest BCUT2D eigenvalue weighted by Crippen LogP contribution is -2.20. The van der Waals surface area contributed by atoms with Gasteiger partial charge in [-0.2, -0.15) is 0 Å². The summed E-state index contributed by atoms with van der Waals surface area (Å²) in [6.07, 6.45) is 1.68. The van der Waals surface area contributed by atoms with Crippen molar-refractivity contribution >= 4 is 29.3 Å². The largest absolute Gasteiger partial charge is 0.480 e. The molecule has 0 heterocycles. The van der Waals surface area contributed by atoms with Gasteiger partial charge in [-0.05, 0) is 30.5 Å². The second kappa shape index (κ2) is 4.30. The Hall–Kier alpha value is -0.670. The molecule has 86 valence electrons. The van der Waals surface area contributed by atoms with Crippen molar-refractivity contribution in [2.45, 2.75) is 29.4 Å². The number of hydrogen-bond acceptors (Lipinski definition) is 2. The number of benzene rings is 1. The molecule has 2 atom stereocenters. The molecule has 1 fully saturated rings. The second-order valence-electron chi connectivity index (χ2n) is 4.06. The van der Waals surface area contributed by atoms with Gasteiger partial charge in [-0.15, -0.1) is 11.8 Å². The third kappa shape index (κ3) is 2.06. The fraction of sp³-hybridized carbons (Fsp3) is 0.417. The summed E-state index contributed by atoms with van der Waals surface area (Å²) in [5, 5.41) is 9.93. The van der Waals surface area contributed by atoms with E-state index in [2.05, 4.69) is 0 Å². The first-order chi connectivity index (χ1) is 7.58. The highest BCUT2D eigenvalue weighted by atomic mass is 35.5. The summed E-state index contributed by atoms with van der Waals surface area (Å²) in [5.74, 6) is -0.418. The molecule has 4 heteroatoms. The smallest absolute Gasteiger partial charge is 0.320 e. The van der Waals surface area contributed by atoms with Crippen LogP contribution in [0.4, 0.5) is 0 Å². The van der Waals surface area contributed by atoms with Crippen molar-refractivity contribution in [3.8, 4) is 0 Å². The predicted octanol–water partition coefficient (Wildman–Crippen LogP) is 3.69. The molecule has 0 aliphatic heterocycles. The van der Waals surface area contributed by atoms with Crippen LogP contribution in [-0.2, 0) is 4.79 Å². The first-order valence-electron chi connectivity index (χ1n) is 5.26. The molecule has 2 unspecified atom stereocenters. The molecule has 1 aromatic rings. The van der Waals surface area contributed by atoms with Gasteiger partial charge in [0.05, 0.1) is 0 Å². The van der Waals surface area contributed by atoms with Gasteiger partial charge >= 0.3 is 5.97 Å². The molecule has 1 saturated carbocycles. The highest BCUT2D eigenvalue weighted by molar-refractivity contribution is 8.01. The van der Waals surface area contributed by atoms with Gasteiger partial charge in [0, 0.05) is 9.92 Å². The molecular weight excluding hydrogens is 244 g/mol. The van der Waals surface area contributed by atoms with E-state index >= 15 is 0 Å². The number of hydrogen-bond donors (Lipinski definition) is 1. The summed E-state index contributed by atoms with van der Waals surface area (Å²) in [6, 6.07) is 7.38. The lowest BCUT2D eigenvalue weighted by Gasteiger charge is -2.11. The van der Waals surface area contributed by atoms with Crippen molar-refractivity contribution in [1.29, 1.82) is 0 Å². The van der Waals surface area contributed by atoms with Crippen LogP contribution in [-0.4, -0.2) is 15.8 Å². The summed E-state index contributed by atoms with van der Waals surface area (Å²) in [6.45, 7) is 2.04. The molecule has 0 amide bonds. The van der Waals surface area contributed by atoms with E-state index in [1.165, 1.54) is 11.8 Å². The van der Waals surface area contributed by atoms with Crippen LogP contribution in [0.15, 0.2) is 29.2 Å². The van der Waals surface area contributed by atoms with Crippen LogP contribution >= 0.6 is 23.4 Å². The first kappa shape index (κ1) is 11.8. The van der Waals surface area contributed by atoms with Gasteiger partial charge in [0.25, 0.3) is 0 Å². The summed E-state index contributed by atoms with van der Waals surface area (Å²) < 4.78 is -0.612. The molecule has 0 spiro atoms. The fourth-order valence-electron chi connectivity index (χ4n) is 1.95. The number of halogens is 1. The van der Waals surface area contributed by atoms with Gasteiger partial charge < -0.3 is 5.11 Å². The number of carboxylic acid groups (broad SMARTS) is 1. The Morgan fingerprint density at radius 2 is 2.44 bits per heavy atom. The lowest BCUT2D eigenvalue weighted by molar-refractivity contribution is -0.137. The Kier molecular flexibility index (Phi) is 3.17. The Morgan fingerprint density at radius 3 is 2.94 bits per heavy atom. The van der Waals surface area contributed by atoms with Gasteiger partial charge in [-0.1, -0.05) is 31.0 Å². The molecule has 0 saturated heterocycles. The SMILES string of the molecule is CCC1CC1(Sc1cccc(Cl)c1)C(=O)O. The van der Waals surface area contributed by atoms with Crippen LogP contribution in [0.5, 0.6) is 0 Å². The first-order valence-corrected chi connectivity index (χ1v) is 6.46. The van der Waals surface area contributed by atoms with Crippen molar-refractivity contribution in [2.24, 2.45) is 5.92 Å². The van der Waals surface area contributed by atoms with Crippen molar-refractivity contribution in [1.82, 2.24) is 0 Å². The van der Waals surface area contributed by atoms with Crippen molar-refractivity contribution in [3.05, 3.63) is 29.3 Å². The van der Waals surface area contributed by atoms with Gasteiger partial charge in [0.1, 0.15) is 4.75 Å². The summed E-state index contributed by atoms with van der Waals surface area (Å²) in [5.41, 5.74) is 0. The molecule has 0 bridgehead atoms. The molecule has 1 aromatic carbocycles. The molecule has 1 N–H and O–H groups in total. The third-order valence-electron chi connectivity index (χ3n) is 3.00. The molecule has 16 heavy (non-hydrogen) atoms. The maximum absolute atomic E-state index is 11.3. The molecule has 2 nitrogen and oxygen atoms in total. The van der Waals surface area contributed by atoms with E-state index < -0.39 is 10.7 Å². The third-order valence-corrected chi connectivity index (χ3v) is 4.76. The van der Waals surface area contributed by atoms with Crippen molar-refractivity contribution in [2.75, 3.05) is 0 Å². The molecule has 0 aromatic heterocycles. The average molecular weight is 257 g/mol. The topological polar surface area (TPSA) is 37.3 Å². The van der Waals surface area contributed by atoms with Crippen LogP contribution in [0.2, 0.25) is 5.02 Å². The summed E-state index contributed by atoms with van der Waals surface area (Å²) >= 11 is 7.31. The van der Waals surface area contributed by atoms with Crippen LogP contribution in [0, 0.1) is 5.92 Å². The van der Waals surface area contributed by atoms with E-state index in [-0.39, 0.29) is 5.92 Å². The zero-order chi connectivity index (χ0) is 11.8. The van der Waals surface area contributed by atoms with Gasteiger partial charge in [0.2, 0.25) is 0 Å². The normalized spacial score (nSPS) is 27.8. The Balaban J connectivity index is 2.17. The van der Waals surface area contributed by atoms with Crippen LogP contribution in [0.3, 0.4) is 0 Å².